The molecule has 0 saturated carbocycles. The Morgan fingerprint density at radius 3 is 2.27 bits per heavy atom. The number of nitriles is 1. The van der Waals surface area contributed by atoms with Crippen LogP contribution in [0.3, 0.4) is 0 Å². The van der Waals surface area contributed by atoms with Crippen molar-refractivity contribution >= 4 is 5.71 Å². The van der Waals surface area contributed by atoms with Crippen molar-refractivity contribution in [1.82, 2.24) is 9.97 Å². The molecule has 1 aliphatic rings. The lowest BCUT2D eigenvalue weighted by Gasteiger charge is -2.08. The van der Waals surface area contributed by atoms with Gasteiger partial charge in [0, 0.05) is 16.7 Å². The first-order valence-corrected chi connectivity index (χ1v) is 7.60. The van der Waals surface area contributed by atoms with E-state index in [-0.39, 0.29) is 0 Å². The third-order valence-electron chi connectivity index (χ3n) is 4.10. The summed E-state index contributed by atoms with van der Waals surface area (Å²) >= 11 is 0. The topological polar surface area (TPSA) is 61.9 Å². The Balaban J connectivity index is 1.82. The molecule has 0 unspecified atom stereocenters. The fourth-order valence-electron chi connectivity index (χ4n) is 2.91. The second-order valence-electron chi connectivity index (χ2n) is 5.63. The summed E-state index contributed by atoms with van der Waals surface area (Å²) in [4.78, 5) is 12.8. The summed E-state index contributed by atoms with van der Waals surface area (Å²) in [6.07, 6.45) is -1.12. The largest absolute Gasteiger partial charge is 0.416 e. The third kappa shape index (κ3) is 2.52. The number of alkyl halides is 3. The highest BCUT2D eigenvalue weighted by Gasteiger charge is 2.31. The van der Waals surface area contributed by atoms with Crippen molar-refractivity contribution in [2.75, 3.05) is 0 Å². The van der Waals surface area contributed by atoms with Gasteiger partial charge in [0.05, 0.1) is 23.1 Å². The standard InChI is InChI=1S/C19H9F3N4/c20-19(21,22)12-7-5-11(6-8-12)15-9-24-16-13-3-1-2-4-14(13)17(25-10-23)18(16)26-15/h1-9H. The van der Waals surface area contributed by atoms with Gasteiger partial charge in [-0.2, -0.15) is 23.4 Å². The lowest BCUT2D eigenvalue weighted by molar-refractivity contribution is -0.137. The molecule has 26 heavy (non-hydrogen) atoms. The van der Waals surface area contributed by atoms with Crippen LogP contribution in [-0.2, 0) is 6.18 Å². The summed E-state index contributed by atoms with van der Waals surface area (Å²) in [5.74, 6) is 0. The van der Waals surface area contributed by atoms with Crippen LogP contribution in [0.2, 0.25) is 0 Å². The molecule has 7 heteroatoms. The molecule has 1 aliphatic carbocycles. The molecule has 0 radical (unpaired) electrons. The zero-order chi connectivity index (χ0) is 18.3. The predicted octanol–water partition coefficient (Wildman–Crippen LogP) is 4.46. The van der Waals surface area contributed by atoms with E-state index < -0.39 is 11.7 Å². The minimum atomic E-state index is -4.39. The first-order valence-electron chi connectivity index (χ1n) is 7.60. The molecule has 1 aromatic heterocycles. The molecule has 4 rings (SSSR count). The number of aliphatic imine (C=N–C) groups is 1. The molecular weight excluding hydrogens is 341 g/mol. The Morgan fingerprint density at radius 2 is 1.62 bits per heavy atom. The van der Waals surface area contributed by atoms with Crippen LogP contribution in [0.25, 0.3) is 22.5 Å². The maximum atomic E-state index is 12.7. The van der Waals surface area contributed by atoms with E-state index >= 15 is 0 Å². The molecule has 0 fully saturated rings. The number of aromatic nitrogens is 2. The van der Waals surface area contributed by atoms with Gasteiger partial charge in [0.2, 0.25) is 6.19 Å². The molecule has 0 N–H and O–H groups in total. The third-order valence-corrected chi connectivity index (χ3v) is 4.10. The molecular formula is C19H9F3N4. The van der Waals surface area contributed by atoms with Crippen molar-refractivity contribution in [3.63, 3.8) is 0 Å². The zero-order valence-electron chi connectivity index (χ0n) is 13.1. The maximum Gasteiger partial charge on any atom is 0.416 e. The Hall–Kier alpha value is -3.53. The maximum absolute atomic E-state index is 12.7. The number of halogens is 3. The summed E-state index contributed by atoms with van der Waals surface area (Å²) in [6.45, 7) is 0. The Kier molecular flexibility index (Phi) is 3.55. The Bertz CT molecular complexity index is 1080. The number of rotatable bonds is 1. The highest BCUT2D eigenvalue weighted by Crippen LogP contribution is 2.36. The van der Waals surface area contributed by atoms with Crippen molar-refractivity contribution < 1.29 is 13.2 Å². The molecule has 0 amide bonds. The van der Waals surface area contributed by atoms with E-state index in [1.165, 1.54) is 18.3 Å². The molecule has 1 heterocycles. The van der Waals surface area contributed by atoms with Crippen LogP contribution in [0.5, 0.6) is 0 Å². The number of nitrogens with zero attached hydrogens (tertiary/aromatic N) is 4. The summed E-state index contributed by atoms with van der Waals surface area (Å²) in [6, 6.07) is 12.1. The fourth-order valence-corrected chi connectivity index (χ4v) is 2.91. The summed E-state index contributed by atoms with van der Waals surface area (Å²) in [5.41, 5.74) is 3.23. The van der Waals surface area contributed by atoms with Crippen LogP contribution in [0.4, 0.5) is 13.2 Å². The molecule has 0 spiro atoms. The minimum absolute atomic E-state index is 0.413. The van der Waals surface area contributed by atoms with Crippen molar-refractivity contribution in [1.29, 1.82) is 5.26 Å². The zero-order valence-corrected chi connectivity index (χ0v) is 13.1. The molecule has 0 bridgehead atoms. The number of benzene rings is 2. The van der Waals surface area contributed by atoms with E-state index in [4.69, 9.17) is 5.26 Å². The van der Waals surface area contributed by atoms with Crippen molar-refractivity contribution in [2.45, 2.75) is 6.18 Å². The molecule has 126 valence electrons. The van der Waals surface area contributed by atoms with Gasteiger partial charge in [-0.1, -0.05) is 36.4 Å². The van der Waals surface area contributed by atoms with Gasteiger partial charge in [-0.05, 0) is 12.1 Å². The molecule has 3 aromatic rings. The van der Waals surface area contributed by atoms with Gasteiger partial charge in [0.15, 0.2) is 0 Å². The number of hydrogen-bond donors (Lipinski definition) is 0. The van der Waals surface area contributed by atoms with Gasteiger partial charge in [0.25, 0.3) is 0 Å². The van der Waals surface area contributed by atoms with Crippen molar-refractivity contribution in [2.24, 2.45) is 4.99 Å². The molecule has 0 saturated heterocycles. The average molecular weight is 350 g/mol. The first-order chi connectivity index (χ1) is 12.5. The van der Waals surface area contributed by atoms with Crippen LogP contribution >= 0.6 is 0 Å². The molecule has 0 atom stereocenters. The van der Waals surface area contributed by atoms with Gasteiger partial charge < -0.3 is 0 Å². The second kappa shape index (κ2) is 5.77. The van der Waals surface area contributed by atoms with E-state index in [0.29, 0.717) is 28.4 Å². The van der Waals surface area contributed by atoms with E-state index in [1.807, 2.05) is 24.3 Å². The average Bonchev–Trinajstić information content (AvgIpc) is 2.95. The highest BCUT2D eigenvalue weighted by atomic mass is 19.4. The SMILES string of the molecule is N#CN=C1c2ccccc2-c2ncc(-c3ccc(C(F)(F)F)cc3)nc21. The van der Waals surface area contributed by atoms with Gasteiger partial charge >= 0.3 is 6.18 Å². The lowest BCUT2D eigenvalue weighted by atomic mass is 10.1. The second-order valence-corrected chi connectivity index (χ2v) is 5.63. The smallest absolute Gasteiger partial charge is 0.252 e. The van der Waals surface area contributed by atoms with Gasteiger partial charge in [0.1, 0.15) is 11.4 Å². The van der Waals surface area contributed by atoms with Gasteiger partial charge in [-0.15, -0.1) is 0 Å². The number of hydrogen-bond acceptors (Lipinski definition) is 4. The fraction of sp³-hybridized carbons (Fsp3) is 0.0526. The Morgan fingerprint density at radius 1 is 0.923 bits per heavy atom. The van der Waals surface area contributed by atoms with Crippen LogP contribution in [0, 0.1) is 11.5 Å². The normalized spacial score (nSPS) is 14.0. The van der Waals surface area contributed by atoms with Crippen LogP contribution in [0.1, 0.15) is 16.8 Å². The monoisotopic (exact) mass is 350 g/mol. The van der Waals surface area contributed by atoms with Crippen LogP contribution in [-0.4, -0.2) is 15.7 Å². The lowest BCUT2D eigenvalue weighted by Crippen LogP contribution is -2.05. The molecule has 2 aromatic carbocycles. The van der Waals surface area contributed by atoms with Crippen molar-refractivity contribution in [3.05, 3.63) is 71.5 Å². The highest BCUT2D eigenvalue weighted by molar-refractivity contribution is 6.23. The Labute approximate surface area is 146 Å². The summed E-state index contributed by atoms with van der Waals surface area (Å²) < 4.78 is 38.1. The quantitative estimate of drug-likeness (QED) is 0.476. The van der Waals surface area contributed by atoms with Crippen molar-refractivity contribution in [3.8, 4) is 28.7 Å². The predicted molar refractivity (Wildman–Crippen MR) is 89.2 cm³/mol. The van der Waals surface area contributed by atoms with E-state index in [2.05, 4.69) is 15.0 Å². The van der Waals surface area contributed by atoms with E-state index in [1.54, 1.807) is 6.19 Å². The summed E-state index contributed by atoms with van der Waals surface area (Å²) in [5, 5.41) is 8.98. The minimum Gasteiger partial charge on any atom is -0.252 e. The van der Waals surface area contributed by atoms with Crippen LogP contribution < -0.4 is 0 Å². The van der Waals surface area contributed by atoms with E-state index in [9.17, 15) is 13.2 Å². The molecule has 4 nitrogen and oxygen atoms in total. The van der Waals surface area contributed by atoms with Crippen LogP contribution in [0.15, 0.2) is 59.7 Å². The first kappa shape index (κ1) is 16.0. The van der Waals surface area contributed by atoms with Gasteiger partial charge in [-0.3, -0.25) is 4.98 Å². The van der Waals surface area contributed by atoms with Gasteiger partial charge in [-0.25, -0.2) is 4.98 Å². The molecule has 0 aliphatic heterocycles. The summed E-state index contributed by atoms with van der Waals surface area (Å²) in [7, 11) is 0. The van der Waals surface area contributed by atoms with E-state index in [0.717, 1.165) is 23.3 Å². The number of fused-ring (bicyclic) bond motifs is 3.